The topological polar surface area (TPSA) is 39.1 Å². The highest BCUT2D eigenvalue weighted by Gasteiger charge is 2.25. The number of hydrogen-bond acceptors (Lipinski definition) is 2. The standard InChI is InChI=1S/C14H12NO2/c1-3-5-10-9-11-12(16)6-7-13(17)14(11)15(10)8-4-2/h3-4,6-7H,1-2,5,8H2. The molecule has 3 heteroatoms. The third kappa shape index (κ3) is 1.80. The van der Waals surface area contributed by atoms with Crippen LogP contribution in [0, 0.1) is 6.07 Å². The molecule has 1 aliphatic carbocycles. The largest absolute Gasteiger partial charge is 0.337 e. The molecular weight excluding hydrogens is 214 g/mol. The maximum absolute atomic E-state index is 11.8. The van der Waals surface area contributed by atoms with E-state index in [0.29, 0.717) is 24.2 Å². The van der Waals surface area contributed by atoms with Crippen LogP contribution >= 0.6 is 0 Å². The Labute approximate surface area is 99.7 Å². The van der Waals surface area contributed by atoms with Crippen molar-refractivity contribution in [3.63, 3.8) is 0 Å². The predicted molar refractivity (Wildman–Crippen MR) is 65.2 cm³/mol. The molecule has 0 amide bonds. The Balaban J connectivity index is 2.63. The Morgan fingerprint density at radius 2 is 1.88 bits per heavy atom. The van der Waals surface area contributed by atoms with E-state index in [0.717, 1.165) is 5.69 Å². The Kier molecular flexibility index (Phi) is 2.91. The predicted octanol–water partition coefficient (Wildman–Crippen LogP) is 2.14. The molecule has 1 heterocycles. The van der Waals surface area contributed by atoms with Gasteiger partial charge in [-0.25, -0.2) is 0 Å². The van der Waals surface area contributed by atoms with Crippen LogP contribution in [-0.2, 0) is 13.0 Å². The summed E-state index contributed by atoms with van der Waals surface area (Å²) in [6.07, 6.45) is 6.57. The molecule has 0 atom stereocenters. The molecule has 0 aliphatic heterocycles. The fraction of sp³-hybridized carbons (Fsp3) is 0.143. The maximum Gasteiger partial charge on any atom is 0.203 e. The Morgan fingerprint density at radius 1 is 1.18 bits per heavy atom. The summed E-state index contributed by atoms with van der Waals surface area (Å²) in [5.74, 6) is -0.333. The number of carbonyl (C=O) groups excluding carboxylic acids is 2. The summed E-state index contributed by atoms with van der Waals surface area (Å²) in [6, 6.07) is 2.99. The van der Waals surface area contributed by atoms with Crippen molar-refractivity contribution in [1.82, 2.24) is 4.57 Å². The second-order valence-electron chi connectivity index (χ2n) is 3.75. The summed E-state index contributed by atoms with van der Waals surface area (Å²) < 4.78 is 1.77. The van der Waals surface area contributed by atoms with Gasteiger partial charge in [-0.2, -0.15) is 0 Å². The van der Waals surface area contributed by atoms with Crippen molar-refractivity contribution >= 4 is 11.6 Å². The van der Waals surface area contributed by atoms with Crippen molar-refractivity contribution in [2.75, 3.05) is 0 Å². The first-order valence-corrected chi connectivity index (χ1v) is 5.32. The van der Waals surface area contributed by atoms with Gasteiger partial charge in [-0.15, -0.1) is 13.2 Å². The number of fused-ring (bicyclic) bond motifs is 1. The molecule has 17 heavy (non-hydrogen) atoms. The first kappa shape index (κ1) is 11.3. The minimum Gasteiger partial charge on any atom is -0.337 e. The number of ketones is 2. The fourth-order valence-electron chi connectivity index (χ4n) is 1.92. The monoisotopic (exact) mass is 226 g/mol. The van der Waals surface area contributed by atoms with Gasteiger partial charge in [0.05, 0.1) is 5.56 Å². The zero-order valence-corrected chi connectivity index (χ0v) is 9.40. The van der Waals surface area contributed by atoms with E-state index in [1.165, 1.54) is 12.2 Å². The minimum absolute atomic E-state index is 0.159. The zero-order valence-electron chi connectivity index (χ0n) is 9.40. The van der Waals surface area contributed by atoms with E-state index in [4.69, 9.17) is 0 Å². The first-order chi connectivity index (χ1) is 8.19. The molecule has 1 aliphatic rings. The van der Waals surface area contributed by atoms with Crippen molar-refractivity contribution < 1.29 is 9.59 Å². The Morgan fingerprint density at radius 3 is 2.53 bits per heavy atom. The summed E-state index contributed by atoms with van der Waals surface area (Å²) in [5.41, 5.74) is 1.56. The average molecular weight is 226 g/mol. The van der Waals surface area contributed by atoms with Gasteiger partial charge in [0.1, 0.15) is 5.69 Å². The van der Waals surface area contributed by atoms with Crippen LogP contribution in [-0.4, -0.2) is 16.1 Å². The highest BCUT2D eigenvalue weighted by atomic mass is 16.1. The van der Waals surface area contributed by atoms with E-state index in [2.05, 4.69) is 19.2 Å². The molecule has 85 valence electrons. The molecule has 0 saturated heterocycles. The Bertz CT molecular complexity index is 547. The maximum atomic E-state index is 11.8. The minimum atomic E-state index is -0.173. The van der Waals surface area contributed by atoms with Crippen molar-refractivity contribution in [2.24, 2.45) is 0 Å². The van der Waals surface area contributed by atoms with Crippen LogP contribution < -0.4 is 0 Å². The van der Waals surface area contributed by atoms with Gasteiger partial charge in [-0.3, -0.25) is 9.59 Å². The number of allylic oxidation sites excluding steroid dienone is 4. The second-order valence-corrected chi connectivity index (χ2v) is 3.75. The van der Waals surface area contributed by atoms with Gasteiger partial charge in [0.2, 0.25) is 5.78 Å². The SMILES string of the molecule is C=CCc1[c]c2c(n1CC=C)C(=O)C=CC2=O. The van der Waals surface area contributed by atoms with Gasteiger partial charge in [0.15, 0.2) is 5.78 Å². The second kappa shape index (κ2) is 4.37. The summed E-state index contributed by atoms with van der Waals surface area (Å²) >= 11 is 0. The van der Waals surface area contributed by atoms with Crippen molar-refractivity contribution in [1.29, 1.82) is 0 Å². The molecule has 0 saturated carbocycles. The molecule has 1 aromatic rings. The van der Waals surface area contributed by atoms with Crippen LogP contribution in [0.5, 0.6) is 0 Å². The normalized spacial score (nSPS) is 13.6. The summed E-state index contributed by atoms with van der Waals surface area (Å²) in [7, 11) is 0. The number of hydrogen-bond donors (Lipinski definition) is 0. The van der Waals surface area contributed by atoms with Crippen LogP contribution in [0.4, 0.5) is 0 Å². The lowest BCUT2D eigenvalue weighted by Crippen LogP contribution is -2.15. The summed E-state index contributed by atoms with van der Waals surface area (Å²) in [5, 5.41) is 0. The third-order valence-electron chi connectivity index (χ3n) is 2.62. The first-order valence-electron chi connectivity index (χ1n) is 5.32. The Hall–Kier alpha value is -2.16. The van der Waals surface area contributed by atoms with Gasteiger partial charge >= 0.3 is 0 Å². The van der Waals surface area contributed by atoms with Crippen molar-refractivity contribution in [2.45, 2.75) is 13.0 Å². The van der Waals surface area contributed by atoms with Crippen molar-refractivity contribution in [3.8, 4) is 0 Å². The molecule has 1 aromatic heterocycles. The third-order valence-corrected chi connectivity index (χ3v) is 2.62. The quantitative estimate of drug-likeness (QED) is 0.738. The molecular formula is C14H12NO2. The fourth-order valence-corrected chi connectivity index (χ4v) is 1.92. The van der Waals surface area contributed by atoms with Crippen LogP contribution in [0.3, 0.4) is 0 Å². The van der Waals surface area contributed by atoms with E-state index >= 15 is 0 Å². The zero-order chi connectivity index (χ0) is 12.4. The van der Waals surface area contributed by atoms with Crippen LogP contribution in [0.2, 0.25) is 0 Å². The highest BCUT2D eigenvalue weighted by Crippen LogP contribution is 2.22. The van der Waals surface area contributed by atoms with Crippen molar-refractivity contribution in [3.05, 3.63) is 60.5 Å². The number of nitrogens with zero attached hydrogens (tertiary/aromatic N) is 1. The molecule has 0 spiro atoms. The van der Waals surface area contributed by atoms with Crippen LogP contribution in [0.15, 0.2) is 37.5 Å². The lowest BCUT2D eigenvalue weighted by atomic mass is 10.0. The molecule has 0 fully saturated rings. The van der Waals surface area contributed by atoms with Gasteiger partial charge in [0.25, 0.3) is 0 Å². The highest BCUT2D eigenvalue weighted by molar-refractivity contribution is 6.21. The number of aromatic nitrogens is 1. The smallest absolute Gasteiger partial charge is 0.203 e. The lowest BCUT2D eigenvalue weighted by Gasteiger charge is -2.10. The van der Waals surface area contributed by atoms with E-state index in [1.54, 1.807) is 16.7 Å². The number of rotatable bonds is 4. The average Bonchev–Trinajstić information content (AvgIpc) is 2.66. The van der Waals surface area contributed by atoms with E-state index < -0.39 is 0 Å². The summed E-state index contributed by atoms with van der Waals surface area (Å²) in [6.45, 7) is 7.80. The lowest BCUT2D eigenvalue weighted by molar-refractivity contribution is 0.0988. The molecule has 0 aromatic carbocycles. The van der Waals surface area contributed by atoms with E-state index in [1.807, 2.05) is 0 Å². The summed E-state index contributed by atoms with van der Waals surface area (Å²) in [4.78, 5) is 23.5. The molecule has 0 unspecified atom stereocenters. The van der Waals surface area contributed by atoms with E-state index in [9.17, 15) is 9.59 Å². The van der Waals surface area contributed by atoms with Crippen LogP contribution in [0.25, 0.3) is 0 Å². The van der Waals surface area contributed by atoms with Gasteiger partial charge < -0.3 is 4.57 Å². The number of carbonyl (C=O) groups is 2. The van der Waals surface area contributed by atoms with Crippen LogP contribution in [0.1, 0.15) is 26.5 Å². The molecule has 0 N–H and O–H groups in total. The molecule has 3 nitrogen and oxygen atoms in total. The molecule has 0 bridgehead atoms. The molecule has 1 radical (unpaired) electrons. The van der Waals surface area contributed by atoms with Gasteiger partial charge in [0, 0.05) is 24.7 Å². The molecule has 2 rings (SSSR count). The van der Waals surface area contributed by atoms with Gasteiger partial charge in [-0.1, -0.05) is 12.2 Å². The van der Waals surface area contributed by atoms with Gasteiger partial charge in [-0.05, 0) is 12.2 Å². The van der Waals surface area contributed by atoms with E-state index in [-0.39, 0.29) is 11.6 Å².